The van der Waals surface area contributed by atoms with Crippen molar-refractivity contribution >= 4 is 33.3 Å². The minimum atomic E-state index is 0.374. The number of hydrogen-bond acceptors (Lipinski definition) is 5. The molecule has 0 aliphatic heterocycles. The van der Waals surface area contributed by atoms with Crippen LogP contribution in [-0.2, 0) is 0 Å². The van der Waals surface area contributed by atoms with Gasteiger partial charge in [0.2, 0.25) is 5.95 Å². The van der Waals surface area contributed by atoms with Gasteiger partial charge in [-0.1, -0.05) is 27.7 Å². The first-order chi connectivity index (χ1) is 9.97. The zero-order valence-corrected chi connectivity index (χ0v) is 14.3. The van der Waals surface area contributed by atoms with Crippen LogP contribution < -0.4 is 10.6 Å². The second kappa shape index (κ2) is 7.07. The highest BCUT2D eigenvalue weighted by atomic mass is 32.1. The molecule has 0 saturated carbocycles. The number of anilines is 2. The molecule has 2 rings (SSSR count). The van der Waals surface area contributed by atoms with E-state index in [9.17, 15) is 0 Å². The third kappa shape index (κ3) is 4.30. The fraction of sp³-hybridized carbons (Fsp3) is 0.625. The zero-order valence-electron chi connectivity index (χ0n) is 13.5. The lowest BCUT2D eigenvalue weighted by molar-refractivity contribution is 0.534. The maximum Gasteiger partial charge on any atom is 0.223 e. The molecule has 0 aromatic carbocycles. The van der Waals surface area contributed by atoms with E-state index in [1.54, 1.807) is 11.3 Å². The van der Waals surface area contributed by atoms with Crippen LogP contribution in [0.5, 0.6) is 0 Å². The third-order valence-electron chi connectivity index (χ3n) is 3.57. The van der Waals surface area contributed by atoms with Gasteiger partial charge in [-0.25, -0.2) is 4.98 Å². The Balaban J connectivity index is 2.29. The Kier molecular flexibility index (Phi) is 5.39. The molecule has 2 N–H and O–H groups in total. The van der Waals surface area contributed by atoms with Crippen molar-refractivity contribution in [2.45, 2.75) is 40.5 Å². The minimum absolute atomic E-state index is 0.374. The monoisotopic (exact) mass is 306 g/mol. The van der Waals surface area contributed by atoms with Crippen molar-refractivity contribution in [3.8, 4) is 0 Å². The van der Waals surface area contributed by atoms with Gasteiger partial charge in [0.1, 0.15) is 10.6 Å². The maximum absolute atomic E-state index is 5.89. The Morgan fingerprint density at radius 3 is 2.29 bits per heavy atom. The van der Waals surface area contributed by atoms with E-state index in [2.05, 4.69) is 54.0 Å². The molecule has 0 amide bonds. The van der Waals surface area contributed by atoms with Crippen LogP contribution in [0.1, 0.15) is 40.5 Å². The van der Waals surface area contributed by atoms with E-state index in [-0.39, 0.29) is 0 Å². The number of rotatable bonds is 7. The first kappa shape index (κ1) is 16.0. The molecular formula is C16H26N4S. The summed E-state index contributed by atoms with van der Waals surface area (Å²) in [5, 5.41) is 3.19. The molecular weight excluding hydrogens is 280 g/mol. The van der Waals surface area contributed by atoms with Crippen LogP contribution in [0, 0.1) is 11.8 Å². The van der Waals surface area contributed by atoms with Gasteiger partial charge < -0.3 is 10.6 Å². The van der Waals surface area contributed by atoms with E-state index in [1.165, 1.54) is 0 Å². The molecule has 0 atom stereocenters. The van der Waals surface area contributed by atoms with E-state index in [0.29, 0.717) is 17.8 Å². The number of fused-ring (bicyclic) bond motifs is 1. The number of hydrogen-bond donors (Lipinski definition) is 1. The van der Waals surface area contributed by atoms with E-state index < -0.39 is 0 Å². The summed E-state index contributed by atoms with van der Waals surface area (Å²) in [5.74, 6) is 2.74. The molecule has 0 aliphatic carbocycles. The molecule has 116 valence electrons. The van der Waals surface area contributed by atoms with Crippen LogP contribution in [0.25, 0.3) is 10.2 Å². The fourth-order valence-corrected chi connectivity index (χ4v) is 3.01. The molecule has 5 heteroatoms. The number of thiophene rings is 1. The molecule has 0 saturated heterocycles. The topological polar surface area (TPSA) is 55.0 Å². The first-order valence-electron chi connectivity index (χ1n) is 7.73. The Bertz CT molecular complexity index is 565. The van der Waals surface area contributed by atoms with Gasteiger partial charge in [-0.15, -0.1) is 11.3 Å². The first-order valence-corrected chi connectivity index (χ1v) is 8.61. The highest BCUT2D eigenvalue weighted by molar-refractivity contribution is 7.16. The van der Waals surface area contributed by atoms with Crippen molar-refractivity contribution < 1.29 is 0 Å². The zero-order chi connectivity index (χ0) is 15.4. The predicted molar refractivity (Wildman–Crippen MR) is 93.0 cm³/mol. The molecule has 2 aromatic heterocycles. The molecule has 0 spiro atoms. The van der Waals surface area contributed by atoms with Crippen LogP contribution in [-0.4, -0.2) is 23.1 Å². The van der Waals surface area contributed by atoms with Gasteiger partial charge in [-0.05, 0) is 36.1 Å². The van der Waals surface area contributed by atoms with Crippen molar-refractivity contribution in [2.24, 2.45) is 11.8 Å². The van der Waals surface area contributed by atoms with E-state index in [4.69, 9.17) is 5.73 Å². The second-order valence-corrected chi connectivity index (χ2v) is 7.29. The Hall–Kier alpha value is -1.36. The summed E-state index contributed by atoms with van der Waals surface area (Å²) < 4.78 is 0. The standard InChI is InChI=1S/C16H26N4S/c1-11(2)5-8-20(9-6-12(3)4)14-13-7-10-21-15(13)19-16(17)18-14/h7,10-12H,5-6,8-9H2,1-4H3,(H2,17,18,19). The average molecular weight is 306 g/mol. The summed E-state index contributed by atoms with van der Waals surface area (Å²) in [6, 6.07) is 2.10. The van der Waals surface area contributed by atoms with Gasteiger partial charge in [0, 0.05) is 13.1 Å². The van der Waals surface area contributed by atoms with Gasteiger partial charge in [0.15, 0.2) is 0 Å². The Morgan fingerprint density at radius 1 is 1.10 bits per heavy atom. The van der Waals surface area contributed by atoms with Gasteiger partial charge >= 0.3 is 0 Å². The number of nitrogens with zero attached hydrogens (tertiary/aromatic N) is 3. The largest absolute Gasteiger partial charge is 0.368 e. The van der Waals surface area contributed by atoms with Crippen molar-refractivity contribution in [1.29, 1.82) is 0 Å². The highest BCUT2D eigenvalue weighted by Gasteiger charge is 2.15. The van der Waals surface area contributed by atoms with Gasteiger partial charge in [0.25, 0.3) is 0 Å². The normalized spacial score (nSPS) is 11.7. The molecule has 0 bridgehead atoms. The van der Waals surface area contributed by atoms with Crippen LogP contribution in [0.15, 0.2) is 11.4 Å². The summed E-state index contributed by atoms with van der Waals surface area (Å²) in [5.41, 5.74) is 5.89. The minimum Gasteiger partial charge on any atom is -0.368 e. The van der Waals surface area contributed by atoms with Crippen molar-refractivity contribution in [3.63, 3.8) is 0 Å². The second-order valence-electron chi connectivity index (χ2n) is 6.40. The van der Waals surface area contributed by atoms with Crippen LogP contribution in [0.3, 0.4) is 0 Å². The predicted octanol–water partition coefficient (Wildman–Crippen LogP) is 4.17. The fourth-order valence-electron chi connectivity index (χ4n) is 2.25. The molecule has 0 radical (unpaired) electrons. The summed E-state index contributed by atoms with van der Waals surface area (Å²) in [7, 11) is 0. The lowest BCUT2D eigenvalue weighted by atomic mass is 10.1. The molecule has 0 fully saturated rings. The number of nitrogens with two attached hydrogens (primary N) is 1. The molecule has 2 aromatic rings. The SMILES string of the molecule is CC(C)CCN(CCC(C)C)c1nc(N)nc2sccc12. The Labute approximate surface area is 131 Å². The molecule has 21 heavy (non-hydrogen) atoms. The van der Waals surface area contributed by atoms with E-state index in [0.717, 1.165) is 42.0 Å². The van der Waals surface area contributed by atoms with Gasteiger partial charge in [0.05, 0.1) is 5.39 Å². The van der Waals surface area contributed by atoms with E-state index >= 15 is 0 Å². The Morgan fingerprint density at radius 2 is 1.71 bits per heavy atom. The van der Waals surface area contributed by atoms with Gasteiger partial charge in [-0.2, -0.15) is 4.98 Å². The van der Waals surface area contributed by atoms with Crippen LogP contribution in [0.2, 0.25) is 0 Å². The number of nitrogen functional groups attached to an aromatic ring is 1. The molecule has 2 heterocycles. The lowest BCUT2D eigenvalue weighted by Crippen LogP contribution is -2.28. The quantitative estimate of drug-likeness (QED) is 0.834. The van der Waals surface area contributed by atoms with E-state index in [1.807, 2.05) is 0 Å². The maximum atomic E-state index is 5.89. The summed E-state index contributed by atoms with van der Waals surface area (Å²) in [4.78, 5) is 12.2. The number of aromatic nitrogens is 2. The van der Waals surface area contributed by atoms with Crippen molar-refractivity contribution in [2.75, 3.05) is 23.7 Å². The molecule has 0 unspecified atom stereocenters. The van der Waals surface area contributed by atoms with Crippen molar-refractivity contribution in [1.82, 2.24) is 9.97 Å². The summed E-state index contributed by atoms with van der Waals surface area (Å²) in [6.07, 6.45) is 2.32. The van der Waals surface area contributed by atoms with Crippen molar-refractivity contribution in [3.05, 3.63) is 11.4 Å². The van der Waals surface area contributed by atoms with Crippen LogP contribution in [0.4, 0.5) is 11.8 Å². The van der Waals surface area contributed by atoms with Crippen LogP contribution >= 0.6 is 11.3 Å². The lowest BCUT2D eigenvalue weighted by Gasteiger charge is -2.26. The third-order valence-corrected chi connectivity index (χ3v) is 4.38. The van der Waals surface area contributed by atoms with Gasteiger partial charge in [-0.3, -0.25) is 0 Å². The smallest absolute Gasteiger partial charge is 0.223 e. The molecule has 4 nitrogen and oxygen atoms in total. The average Bonchev–Trinajstić information content (AvgIpc) is 2.85. The highest BCUT2D eigenvalue weighted by Crippen LogP contribution is 2.29. The summed E-state index contributed by atoms with van der Waals surface area (Å²) in [6.45, 7) is 11.1. The summed E-state index contributed by atoms with van der Waals surface area (Å²) >= 11 is 1.62. The molecule has 0 aliphatic rings.